The molecule has 0 radical (unpaired) electrons. The number of ether oxygens (including phenoxy) is 2. The highest BCUT2D eigenvalue weighted by molar-refractivity contribution is 6.29. The summed E-state index contributed by atoms with van der Waals surface area (Å²) in [6, 6.07) is 14.9. The molecule has 0 atom stereocenters. The van der Waals surface area contributed by atoms with E-state index < -0.39 is 0 Å². The van der Waals surface area contributed by atoms with Crippen molar-refractivity contribution in [2.75, 3.05) is 13.2 Å². The Hall–Kier alpha value is -3.68. The van der Waals surface area contributed by atoms with E-state index in [2.05, 4.69) is 34.9 Å². The van der Waals surface area contributed by atoms with E-state index in [1.807, 2.05) is 48.5 Å². The first-order valence-corrected chi connectivity index (χ1v) is 12.1. The van der Waals surface area contributed by atoms with Gasteiger partial charge in [-0.1, -0.05) is 51.0 Å². The van der Waals surface area contributed by atoms with Gasteiger partial charge in [0.05, 0.1) is 38.0 Å². The summed E-state index contributed by atoms with van der Waals surface area (Å²) in [7, 11) is 0. The fourth-order valence-electron chi connectivity index (χ4n) is 2.90. The first-order valence-electron chi connectivity index (χ1n) is 12.1. The molecule has 0 fully saturated rings. The van der Waals surface area contributed by atoms with Crippen LogP contribution in [-0.4, -0.2) is 37.0 Å². The van der Waals surface area contributed by atoms with Crippen LogP contribution in [0.4, 0.5) is 0 Å². The molecule has 2 amide bonds. The van der Waals surface area contributed by atoms with Crippen molar-refractivity contribution in [1.82, 2.24) is 10.9 Å². The van der Waals surface area contributed by atoms with E-state index in [4.69, 9.17) is 9.47 Å². The van der Waals surface area contributed by atoms with Gasteiger partial charge in [0.25, 0.3) is 0 Å². The molecule has 0 spiro atoms. The van der Waals surface area contributed by atoms with Crippen LogP contribution >= 0.6 is 0 Å². The molecule has 0 saturated heterocycles. The third kappa shape index (κ3) is 11.8. The Morgan fingerprint density at radius 3 is 1.69 bits per heavy atom. The maximum absolute atomic E-state index is 12.1. The molecule has 0 bridgehead atoms. The van der Waals surface area contributed by atoms with Gasteiger partial charge in [-0.05, 0) is 55.2 Å². The molecule has 188 valence electrons. The lowest BCUT2D eigenvalue weighted by atomic mass is 10.1. The van der Waals surface area contributed by atoms with Crippen molar-refractivity contribution in [2.24, 2.45) is 10.2 Å². The Balaban J connectivity index is 1.70. The van der Waals surface area contributed by atoms with Gasteiger partial charge < -0.3 is 9.47 Å². The van der Waals surface area contributed by atoms with Gasteiger partial charge in [0, 0.05) is 0 Å². The standard InChI is InChI=1S/C27H36N4O4/c1-4-6-16-34-24-12-8-22(9-13-24)18-26(32)30-28-20-21(3)29-31-27(33)19-23-10-14-25(15-11-23)35-17-7-5-2/h8-15,20H,4-7,16-19H2,1-3H3,(H,30,32)(H,31,33)/b28-20-,29-21-. The average molecular weight is 481 g/mol. The normalized spacial score (nSPS) is 11.3. The van der Waals surface area contributed by atoms with Gasteiger partial charge in [-0.3, -0.25) is 9.59 Å². The fourth-order valence-corrected chi connectivity index (χ4v) is 2.90. The quantitative estimate of drug-likeness (QED) is 0.224. The van der Waals surface area contributed by atoms with Crippen molar-refractivity contribution >= 4 is 23.7 Å². The Morgan fingerprint density at radius 2 is 1.23 bits per heavy atom. The zero-order valence-electron chi connectivity index (χ0n) is 20.9. The number of nitrogens with zero attached hydrogens (tertiary/aromatic N) is 2. The monoisotopic (exact) mass is 480 g/mol. The van der Waals surface area contributed by atoms with Gasteiger partial charge in [-0.2, -0.15) is 10.2 Å². The van der Waals surface area contributed by atoms with E-state index in [0.29, 0.717) is 18.9 Å². The maximum atomic E-state index is 12.1. The maximum Gasteiger partial charge on any atom is 0.244 e. The number of hydrogen-bond donors (Lipinski definition) is 2. The number of unbranched alkanes of at least 4 members (excludes halogenated alkanes) is 2. The van der Waals surface area contributed by atoms with E-state index >= 15 is 0 Å². The minimum atomic E-state index is -0.250. The van der Waals surface area contributed by atoms with Crippen molar-refractivity contribution in [3.8, 4) is 11.5 Å². The molecule has 0 aliphatic rings. The average Bonchev–Trinajstić information content (AvgIpc) is 2.85. The van der Waals surface area contributed by atoms with Crippen LogP contribution in [0.25, 0.3) is 0 Å². The van der Waals surface area contributed by atoms with E-state index in [1.54, 1.807) is 6.92 Å². The second-order valence-corrected chi connectivity index (χ2v) is 8.13. The summed E-state index contributed by atoms with van der Waals surface area (Å²) in [6.45, 7) is 7.28. The molecule has 2 rings (SSSR count). The second-order valence-electron chi connectivity index (χ2n) is 8.13. The lowest BCUT2D eigenvalue weighted by Crippen LogP contribution is -2.22. The lowest BCUT2D eigenvalue weighted by Gasteiger charge is -2.06. The van der Waals surface area contributed by atoms with Crippen molar-refractivity contribution in [1.29, 1.82) is 0 Å². The summed E-state index contributed by atoms with van der Waals surface area (Å²) in [5.41, 5.74) is 7.13. The van der Waals surface area contributed by atoms with Crippen LogP contribution in [0, 0.1) is 0 Å². The topological polar surface area (TPSA) is 101 Å². The number of hydrazone groups is 2. The van der Waals surface area contributed by atoms with Crippen molar-refractivity contribution < 1.29 is 19.1 Å². The summed E-state index contributed by atoms with van der Waals surface area (Å²) in [6.07, 6.45) is 5.96. The number of amides is 2. The number of rotatable bonds is 15. The summed E-state index contributed by atoms with van der Waals surface area (Å²) in [4.78, 5) is 24.2. The Kier molecular flexibility index (Phi) is 12.6. The Morgan fingerprint density at radius 1 is 0.771 bits per heavy atom. The van der Waals surface area contributed by atoms with Crippen molar-refractivity contribution in [3.63, 3.8) is 0 Å². The molecule has 0 saturated carbocycles. The predicted octanol–water partition coefficient (Wildman–Crippen LogP) is 4.42. The summed E-state index contributed by atoms with van der Waals surface area (Å²) >= 11 is 0. The minimum Gasteiger partial charge on any atom is -0.494 e. The van der Waals surface area contributed by atoms with E-state index in [9.17, 15) is 9.59 Å². The van der Waals surface area contributed by atoms with Gasteiger partial charge in [-0.25, -0.2) is 10.9 Å². The Bertz CT molecular complexity index is 970. The van der Waals surface area contributed by atoms with E-state index in [1.165, 1.54) is 6.21 Å². The van der Waals surface area contributed by atoms with Crippen LogP contribution in [0.1, 0.15) is 57.6 Å². The highest BCUT2D eigenvalue weighted by Gasteiger charge is 2.04. The van der Waals surface area contributed by atoms with Gasteiger partial charge in [-0.15, -0.1) is 0 Å². The summed E-state index contributed by atoms with van der Waals surface area (Å²) < 4.78 is 11.2. The SMILES string of the molecule is CCCCOc1ccc(CC(=O)N/N=C\C(C)=N/NC(=O)Cc2ccc(OCCCC)cc2)cc1. The molecular weight excluding hydrogens is 444 g/mol. The highest BCUT2D eigenvalue weighted by Crippen LogP contribution is 2.14. The second kappa shape index (κ2) is 16.0. The van der Waals surface area contributed by atoms with Crippen molar-refractivity contribution in [2.45, 2.75) is 59.3 Å². The third-order valence-electron chi connectivity index (χ3n) is 4.91. The van der Waals surface area contributed by atoms with Crippen LogP contribution in [-0.2, 0) is 22.4 Å². The number of nitrogens with one attached hydrogen (secondary N) is 2. The summed E-state index contributed by atoms with van der Waals surface area (Å²) in [5.74, 6) is 1.09. The fraction of sp³-hybridized carbons (Fsp3) is 0.407. The lowest BCUT2D eigenvalue weighted by molar-refractivity contribution is -0.121. The number of hydrogen-bond acceptors (Lipinski definition) is 6. The Labute approximate surface area is 207 Å². The zero-order valence-corrected chi connectivity index (χ0v) is 20.9. The van der Waals surface area contributed by atoms with Crippen molar-refractivity contribution in [3.05, 3.63) is 59.7 Å². The zero-order chi connectivity index (χ0) is 25.3. The highest BCUT2D eigenvalue weighted by atomic mass is 16.5. The summed E-state index contributed by atoms with van der Waals surface area (Å²) in [5, 5.41) is 7.88. The number of benzene rings is 2. The van der Waals surface area contributed by atoms with Crippen LogP contribution < -0.4 is 20.3 Å². The van der Waals surface area contributed by atoms with Gasteiger partial charge in [0.2, 0.25) is 11.8 Å². The molecule has 8 nitrogen and oxygen atoms in total. The molecule has 0 heterocycles. The third-order valence-corrected chi connectivity index (χ3v) is 4.91. The smallest absolute Gasteiger partial charge is 0.244 e. The van der Waals surface area contributed by atoms with Gasteiger partial charge in [0.1, 0.15) is 11.5 Å². The van der Waals surface area contributed by atoms with Crippen LogP contribution in [0.3, 0.4) is 0 Å². The molecular formula is C27H36N4O4. The predicted molar refractivity (Wildman–Crippen MR) is 139 cm³/mol. The molecule has 2 N–H and O–H groups in total. The minimum absolute atomic E-state index is 0.196. The first kappa shape index (κ1) is 27.6. The largest absolute Gasteiger partial charge is 0.494 e. The molecule has 8 heteroatoms. The van der Waals surface area contributed by atoms with Gasteiger partial charge in [0.15, 0.2) is 0 Å². The van der Waals surface area contributed by atoms with Crippen LogP contribution in [0.2, 0.25) is 0 Å². The van der Waals surface area contributed by atoms with E-state index in [-0.39, 0.29) is 24.7 Å². The number of carbonyl (C=O) groups is 2. The molecule has 0 aliphatic carbocycles. The molecule has 0 aliphatic heterocycles. The van der Waals surface area contributed by atoms with Gasteiger partial charge >= 0.3 is 0 Å². The first-order chi connectivity index (χ1) is 17.0. The molecule has 0 aromatic heterocycles. The molecule has 2 aromatic carbocycles. The molecule has 2 aromatic rings. The van der Waals surface area contributed by atoms with Crippen LogP contribution in [0.15, 0.2) is 58.7 Å². The molecule has 35 heavy (non-hydrogen) atoms. The van der Waals surface area contributed by atoms with E-state index in [0.717, 1.165) is 48.3 Å². The number of carbonyl (C=O) groups excluding carboxylic acids is 2. The van der Waals surface area contributed by atoms with Crippen LogP contribution in [0.5, 0.6) is 11.5 Å². The molecule has 0 unspecified atom stereocenters.